The van der Waals surface area contributed by atoms with Crippen LogP contribution in [0, 0.1) is 23.7 Å². The third-order valence-electron chi connectivity index (χ3n) is 7.77. The molecule has 0 radical (unpaired) electrons. The summed E-state index contributed by atoms with van der Waals surface area (Å²) >= 11 is 0. The molecular formula is C25H49N. The zero-order valence-corrected chi connectivity index (χ0v) is 18.6. The molecule has 0 aromatic rings. The van der Waals surface area contributed by atoms with Gasteiger partial charge in [-0.1, -0.05) is 85.5 Å². The molecular weight excluding hydrogens is 314 g/mol. The summed E-state index contributed by atoms with van der Waals surface area (Å²) in [7, 11) is 0. The van der Waals surface area contributed by atoms with Crippen molar-refractivity contribution in [2.24, 2.45) is 23.7 Å². The lowest BCUT2D eigenvalue weighted by atomic mass is 9.69. The first kappa shape index (κ1) is 22.3. The van der Waals surface area contributed by atoms with Gasteiger partial charge in [0.05, 0.1) is 0 Å². The minimum Gasteiger partial charge on any atom is -0.311 e. The molecule has 2 aliphatic rings. The molecule has 0 aromatic carbocycles. The zero-order chi connectivity index (χ0) is 18.8. The van der Waals surface area contributed by atoms with E-state index in [9.17, 15) is 0 Å². The van der Waals surface area contributed by atoms with Crippen LogP contribution >= 0.6 is 0 Å². The van der Waals surface area contributed by atoms with Crippen LogP contribution < -0.4 is 5.32 Å². The Hall–Kier alpha value is -0.0400. The lowest BCUT2D eigenvalue weighted by Gasteiger charge is -2.40. The summed E-state index contributed by atoms with van der Waals surface area (Å²) in [5, 5.41) is 4.05. The third kappa shape index (κ3) is 7.17. The predicted molar refractivity (Wildman–Crippen MR) is 117 cm³/mol. The normalized spacial score (nSPS) is 29.8. The molecule has 0 aliphatic heterocycles. The Morgan fingerprint density at radius 1 is 0.885 bits per heavy atom. The van der Waals surface area contributed by atoms with Crippen LogP contribution in [-0.2, 0) is 0 Å². The molecule has 1 nitrogen and oxygen atoms in total. The molecule has 0 bridgehead atoms. The van der Waals surface area contributed by atoms with Gasteiger partial charge in [0.2, 0.25) is 0 Å². The maximum atomic E-state index is 4.05. The molecule has 2 fully saturated rings. The molecule has 0 aromatic heterocycles. The van der Waals surface area contributed by atoms with Gasteiger partial charge in [0.1, 0.15) is 0 Å². The lowest BCUT2D eigenvalue weighted by Crippen LogP contribution is -2.44. The number of unbranched alkanes of at least 4 members (excludes halogenated alkanes) is 2. The molecule has 2 aliphatic carbocycles. The summed E-state index contributed by atoms with van der Waals surface area (Å²) < 4.78 is 0. The molecule has 1 heteroatoms. The average molecular weight is 364 g/mol. The fourth-order valence-corrected chi connectivity index (χ4v) is 6.03. The van der Waals surface area contributed by atoms with Gasteiger partial charge in [-0.15, -0.1) is 0 Å². The van der Waals surface area contributed by atoms with Crippen molar-refractivity contribution in [2.45, 2.75) is 136 Å². The SMILES string of the molecule is CCCCCC(CC)CC(CCC)C1CCC(NC2CCCC2)C(C)C1. The van der Waals surface area contributed by atoms with E-state index in [1.165, 1.54) is 96.3 Å². The van der Waals surface area contributed by atoms with E-state index in [1.807, 2.05) is 0 Å². The standard InChI is InChI=1S/C25H49N/c1-5-8-9-13-21(7-3)19-22(12-6-2)23-16-17-25(20(4)18-23)26-24-14-10-11-15-24/h20-26H,5-19H2,1-4H3. The van der Waals surface area contributed by atoms with Crippen molar-refractivity contribution in [1.82, 2.24) is 5.32 Å². The van der Waals surface area contributed by atoms with Gasteiger partial charge in [-0.2, -0.15) is 0 Å². The number of hydrogen-bond donors (Lipinski definition) is 1. The highest BCUT2D eigenvalue weighted by atomic mass is 15.0. The molecule has 0 amide bonds. The van der Waals surface area contributed by atoms with Gasteiger partial charge in [0, 0.05) is 12.1 Å². The molecule has 2 saturated carbocycles. The van der Waals surface area contributed by atoms with Gasteiger partial charge in [-0.3, -0.25) is 0 Å². The Labute approximate surface area is 165 Å². The van der Waals surface area contributed by atoms with Crippen LogP contribution in [0.2, 0.25) is 0 Å². The number of rotatable bonds is 12. The smallest absolute Gasteiger partial charge is 0.00954 e. The van der Waals surface area contributed by atoms with Gasteiger partial charge in [-0.25, -0.2) is 0 Å². The Morgan fingerprint density at radius 2 is 1.65 bits per heavy atom. The number of hydrogen-bond acceptors (Lipinski definition) is 1. The largest absolute Gasteiger partial charge is 0.311 e. The van der Waals surface area contributed by atoms with E-state index < -0.39 is 0 Å². The quantitative estimate of drug-likeness (QED) is 0.350. The molecule has 26 heavy (non-hydrogen) atoms. The van der Waals surface area contributed by atoms with E-state index >= 15 is 0 Å². The second-order valence-corrected chi connectivity index (χ2v) is 9.86. The molecule has 0 saturated heterocycles. The molecule has 5 atom stereocenters. The van der Waals surface area contributed by atoms with Crippen LogP contribution in [0.1, 0.15) is 124 Å². The maximum absolute atomic E-state index is 4.05. The number of nitrogens with one attached hydrogen (secondary N) is 1. The first-order valence-electron chi connectivity index (χ1n) is 12.4. The second kappa shape index (κ2) is 12.4. The van der Waals surface area contributed by atoms with E-state index in [1.54, 1.807) is 0 Å². The van der Waals surface area contributed by atoms with E-state index in [0.29, 0.717) is 0 Å². The van der Waals surface area contributed by atoms with Crippen LogP contribution in [-0.4, -0.2) is 12.1 Å². The highest BCUT2D eigenvalue weighted by Crippen LogP contribution is 2.40. The Bertz CT molecular complexity index is 346. The van der Waals surface area contributed by atoms with E-state index in [-0.39, 0.29) is 0 Å². The Kier molecular flexibility index (Phi) is 10.6. The maximum Gasteiger partial charge on any atom is 0.00954 e. The van der Waals surface area contributed by atoms with Crippen LogP contribution in [0.4, 0.5) is 0 Å². The van der Waals surface area contributed by atoms with Crippen molar-refractivity contribution in [3.63, 3.8) is 0 Å². The van der Waals surface area contributed by atoms with E-state index in [0.717, 1.165) is 35.8 Å². The molecule has 2 rings (SSSR count). The van der Waals surface area contributed by atoms with Gasteiger partial charge in [0.15, 0.2) is 0 Å². The van der Waals surface area contributed by atoms with Crippen molar-refractivity contribution in [3.05, 3.63) is 0 Å². The lowest BCUT2D eigenvalue weighted by molar-refractivity contribution is 0.131. The van der Waals surface area contributed by atoms with E-state index in [2.05, 4.69) is 33.0 Å². The van der Waals surface area contributed by atoms with Gasteiger partial charge in [-0.05, 0) is 62.2 Å². The molecule has 0 heterocycles. The summed E-state index contributed by atoms with van der Waals surface area (Å²) in [4.78, 5) is 0. The summed E-state index contributed by atoms with van der Waals surface area (Å²) in [6.45, 7) is 9.72. The second-order valence-electron chi connectivity index (χ2n) is 9.86. The monoisotopic (exact) mass is 363 g/mol. The van der Waals surface area contributed by atoms with Gasteiger partial charge >= 0.3 is 0 Å². The van der Waals surface area contributed by atoms with Crippen LogP contribution in [0.5, 0.6) is 0 Å². The minimum atomic E-state index is 0.808. The van der Waals surface area contributed by atoms with Crippen molar-refractivity contribution in [1.29, 1.82) is 0 Å². The van der Waals surface area contributed by atoms with Crippen molar-refractivity contribution in [3.8, 4) is 0 Å². The highest BCUT2D eigenvalue weighted by Gasteiger charge is 2.33. The summed E-state index contributed by atoms with van der Waals surface area (Å²) in [6.07, 6.45) is 21.7. The first-order chi connectivity index (χ1) is 12.7. The minimum absolute atomic E-state index is 0.808. The molecule has 1 N–H and O–H groups in total. The first-order valence-corrected chi connectivity index (χ1v) is 12.4. The summed E-state index contributed by atoms with van der Waals surface area (Å²) in [5.74, 6) is 3.88. The molecule has 0 spiro atoms. The predicted octanol–water partition coefficient (Wildman–Crippen LogP) is 7.74. The fourth-order valence-electron chi connectivity index (χ4n) is 6.03. The fraction of sp³-hybridized carbons (Fsp3) is 1.00. The zero-order valence-electron chi connectivity index (χ0n) is 18.6. The topological polar surface area (TPSA) is 12.0 Å². The van der Waals surface area contributed by atoms with Gasteiger partial charge in [0.25, 0.3) is 0 Å². The summed E-state index contributed by atoms with van der Waals surface area (Å²) in [5.41, 5.74) is 0. The molecule has 154 valence electrons. The highest BCUT2D eigenvalue weighted by molar-refractivity contribution is 4.89. The van der Waals surface area contributed by atoms with Crippen LogP contribution in [0.15, 0.2) is 0 Å². The van der Waals surface area contributed by atoms with Crippen molar-refractivity contribution < 1.29 is 0 Å². The van der Waals surface area contributed by atoms with Crippen molar-refractivity contribution >= 4 is 0 Å². The average Bonchev–Trinajstić information content (AvgIpc) is 3.15. The Morgan fingerprint density at radius 3 is 2.27 bits per heavy atom. The van der Waals surface area contributed by atoms with Crippen molar-refractivity contribution in [2.75, 3.05) is 0 Å². The molecule has 5 unspecified atom stereocenters. The summed E-state index contributed by atoms with van der Waals surface area (Å²) in [6, 6.07) is 1.65. The van der Waals surface area contributed by atoms with Crippen LogP contribution in [0.25, 0.3) is 0 Å². The third-order valence-corrected chi connectivity index (χ3v) is 7.77. The van der Waals surface area contributed by atoms with Gasteiger partial charge < -0.3 is 5.32 Å². The Balaban J connectivity index is 1.82. The van der Waals surface area contributed by atoms with E-state index in [4.69, 9.17) is 0 Å². The van der Waals surface area contributed by atoms with Crippen LogP contribution in [0.3, 0.4) is 0 Å².